The van der Waals surface area contributed by atoms with Gasteiger partial charge < -0.3 is 9.80 Å². The van der Waals surface area contributed by atoms with Gasteiger partial charge in [-0.1, -0.05) is 18.5 Å². The molecular weight excluding hydrogens is 477 g/mol. The Morgan fingerprint density at radius 1 is 1.34 bits per heavy atom. The Morgan fingerprint density at radius 3 is 2.66 bits per heavy atom. The van der Waals surface area contributed by atoms with E-state index in [-0.39, 0.29) is 41.3 Å². The van der Waals surface area contributed by atoms with Crippen LogP contribution >= 0.6 is 22.9 Å². The largest absolute Gasteiger partial charge is 0.345 e. The topological polar surface area (TPSA) is 86.8 Å². The smallest absolute Gasteiger partial charge is 0.253 e. The molecule has 174 valence electrons. The van der Waals surface area contributed by atoms with E-state index in [0.29, 0.717) is 10.8 Å². The standard InChI is InChI=1S/C21H25ClFN3O4S2/c1-13(18-6-7-19(22)31-18)11-32(29,30)12-24-16-8-9-26(21(16)28)17-5-4-14(10-15(17)23)20(27)25(2)3/h4-7,10,13,16,24H,8-9,11-12H2,1-3H3/t13-,16-/m0/s1. The number of sulfone groups is 1. The SMILES string of the molecule is C[C@@H](CS(=O)(=O)CN[C@H]1CCN(c2ccc(C(=O)N(C)C)cc2F)C1=O)c1ccc(Cl)s1. The van der Waals surface area contributed by atoms with Crippen LogP contribution in [0.25, 0.3) is 0 Å². The number of carbonyl (C=O) groups is 2. The quantitative estimate of drug-likeness (QED) is 0.600. The van der Waals surface area contributed by atoms with Crippen LogP contribution < -0.4 is 10.2 Å². The van der Waals surface area contributed by atoms with E-state index in [4.69, 9.17) is 11.6 Å². The molecule has 0 bridgehead atoms. The lowest BCUT2D eigenvalue weighted by Gasteiger charge is -2.19. The summed E-state index contributed by atoms with van der Waals surface area (Å²) in [6.07, 6.45) is 0.349. The van der Waals surface area contributed by atoms with Crippen LogP contribution in [0.15, 0.2) is 30.3 Å². The lowest BCUT2D eigenvalue weighted by atomic mass is 10.1. The maximum absolute atomic E-state index is 14.6. The van der Waals surface area contributed by atoms with Gasteiger partial charge in [0.05, 0.1) is 27.7 Å². The molecule has 11 heteroatoms. The van der Waals surface area contributed by atoms with E-state index in [1.807, 2.05) is 13.0 Å². The van der Waals surface area contributed by atoms with E-state index < -0.39 is 27.6 Å². The minimum absolute atomic E-state index is 0.0701. The number of nitrogens with one attached hydrogen (secondary N) is 1. The number of anilines is 1. The van der Waals surface area contributed by atoms with Crippen LogP contribution in [-0.2, 0) is 14.6 Å². The fraction of sp³-hybridized carbons (Fsp3) is 0.429. The van der Waals surface area contributed by atoms with Crippen LogP contribution in [0.5, 0.6) is 0 Å². The molecular formula is C21H25ClFN3O4S2. The Hall–Kier alpha value is -2.01. The summed E-state index contributed by atoms with van der Waals surface area (Å²) in [5.74, 6) is -2.05. The molecule has 1 aliphatic heterocycles. The molecule has 7 nitrogen and oxygen atoms in total. The van der Waals surface area contributed by atoms with Gasteiger partial charge in [0, 0.05) is 37.0 Å². The molecule has 1 fully saturated rings. The van der Waals surface area contributed by atoms with Gasteiger partial charge in [-0.15, -0.1) is 11.3 Å². The summed E-state index contributed by atoms with van der Waals surface area (Å²) in [6, 6.07) is 6.79. The van der Waals surface area contributed by atoms with Crippen molar-refractivity contribution in [2.45, 2.75) is 25.3 Å². The van der Waals surface area contributed by atoms with Crippen molar-refractivity contribution >= 4 is 50.3 Å². The number of carbonyl (C=O) groups excluding carboxylic acids is 2. The molecule has 0 aliphatic carbocycles. The third-order valence-corrected chi connectivity index (χ3v) is 8.31. The first-order chi connectivity index (χ1) is 15.0. The van der Waals surface area contributed by atoms with Crippen molar-refractivity contribution in [3.63, 3.8) is 0 Å². The highest BCUT2D eigenvalue weighted by atomic mass is 35.5. The normalized spacial score (nSPS) is 17.6. The van der Waals surface area contributed by atoms with Gasteiger partial charge in [-0.05, 0) is 36.8 Å². The summed E-state index contributed by atoms with van der Waals surface area (Å²) in [7, 11) is -0.342. The first-order valence-corrected chi connectivity index (χ1v) is 13.0. The molecule has 2 heterocycles. The molecule has 3 rings (SSSR count). The van der Waals surface area contributed by atoms with E-state index in [9.17, 15) is 22.4 Å². The lowest BCUT2D eigenvalue weighted by molar-refractivity contribution is -0.118. The van der Waals surface area contributed by atoms with E-state index in [1.165, 1.54) is 33.3 Å². The van der Waals surface area contributed by atoms with E-state index in [2.05, 4.69) is 5.32 Å². The van der Waals surface area contributed by atoms with E-state index >= 15 is 0 Å². The van der Waals surface area contributed by atoms with Gasteiger partial charge in [-0.25, -0.2) is 12.8 Å². The zero-order valence-corrected chi connectivity index (χ0v) is 20.4. The first kappa shape index (κ1) is 24.6. The third kappa shape index (κ3) is 5.67. The van der Waals surface area contributed by atoms with Gasteiger partial charge >= 0.3 is 0 Å². The van der Waals surface area contributed by atoms with Crippen molar-refractivity contribution in [1.82, 2.24) is 10.2 Å². The minimum Gasteiger partial charge on any atom is -0.345 e. The van der Waals surface area contributed by atoms with Crippen molar-refractivity contribution in [2.75, 3.05) is 37.2 Å². The Kier molecular flexibility index (Phi) is 7.59. The average molecular weight is 502 g/mol. The maximum Gasteiger partial charge on any atom is 0.253 e. The molecule has 32 heavy (non-hydrogen) atoms. The molecule has 1 N–H and O–H groups in total. The summed E-state index contributed by atoms with van der Waals surface area (Å²) >= 11 is 7.27. The third-order valence-electron chi connectivity index (χ3n) is 5.23. The second-order valence-corrected chi connectivity index (χ2v) is 11.9. The molecule has 0 unspecified atom stereocenters. The summed E-state index contributed by atoms with van der Waals surface area (Å²) in [5.41, 5.74) is 0.255. The number of halogens is 2. The monoisotopic (exact) mass is 501 g/mol. The second-order valence-electron chi connectivity index (χ2n) is 8.00. The maximum atomic E-state index is 14.6. The van der Waals surface area contributed by atoms with Crippen molar-refractivity contribution in [3.8, 4) is 0 Å². The van der Waals surface area contributed by atoms with Crippen molar-refractivity contribution in [1.29, 1.82) is 0 Å². The summed E-state index contributed by atoms with van der Waals surface area (Å²) in [6.45, 7) is 2.06. The van der Waals surface area contributed by atoms with Crippen LogP contribution in [0.2, 0.25) is 4.34 Å². The van der Waals surface area contributed by atoms with Gasteiger partial charge in [-0.2, -0.15) is 0 Å². The van der Waals surface area contributed by atoms with Gasteiger partial charge in [0.15, 0.2) is 9.84 Å². The predicted octanol–water partition coefficient (Wildman–Crippen LogP) is 3.11. The highest BCUT2D eigenvalue weighted by Gasteiger charge is 2.34. The number of hydrogen-bond acceptors (Lipinski definition) is 6. The molecule has 0 saturated carbocycles. The molecule has 0 radical (unpaired) electrons. The predicted molar refractivity (Wildman–Crippen MR) is 125 cm³/mol. The van der Waals surface area contributed by atoms with Crippen molar-refractivity contribution in [3.05, 3.63) is 50.9 Å². The highest BCUT2D eigenvalue weighted by molar-refractivity contribution is 7.91. The zero-order valence-electron chi connectivity index (χ0n) is 18.0. The zero-order chi connectivity index (χ0) is 23.6. The Balaban J connectivity index is 1.61. The number of rotatable bonds is 8. The van der Waals surface area contributed by atoms with E-state index in [0.717, 1.165) is 10.9 Å². The van der Waals surface area contributed by atoms with Crippen LogP contribution in [0.4, 0.5) is 10.1 Å². The minimum atomic E-state index is -3.48. The number of amides is 2. The number of thiophene rings is 1. The number of benzene rings is 1. The fourth-order valence-corrected chi connectivity index (χ4v) is 6.30. The molecule has 2 aromatic rings. The number of hydrogen-bond donors (Lipinski definition) is 1. The molecule has 1 aliphatic rings. The molecule has 2 amide bonds. The Morgan fingerprint density at radius 2 is 2.06 bits per heavy atom. The molecule has 1 aromatic carbocycles. The highest BCUT2D eigenvalue weighted by Crippen LogP contribution is 2.29. The van der Waals surface area contributed by atoms with Gasteiger partial charge in [0.25, 0.3) is 5.91 Å². The van der Waals surface area contributed by atoms with Crippen LogP contribution in [0.3, 0.4) is 0 Å². The van der Waals surface area contributed by atoms with E-state index in [1.54, 1.807) is 20.2 Å². The molecule has 1 saturated heterocycles. The summed E-state index contributed by atoms with van der Waals surface area (Å²) in [4.78, 5) is 28.3. The molecule has 0 spiro atoms. The lowest BCUT2D eigenvalue weighted by Crippen LogP contribution is -2.41. The first-order valence-electron chi connectivity index (χ1n) is 10.00. The van der Waals surface area contributed by atoms with Gasteiger partial charge in [0.1, 0.15) is 5.82 Å². The summed E-state index contributed by atoms with van der Waals surface area (Å²) < 4.78 is 40.3. The van der Waals surface area contributed by atoms with Crippen molar-refractivity contribution in [2.24, 2.45) is 0 Å². The average Bonchev–Trinajstić information content (AvgIpc) is 3.31. The van der Waals surface area contributed by atoms with Crippen molar-refractivity contribution < 1.29 is 22.4 Å². The van der Waals surface area contributed by atoms with Crippen LogP contribution in [-0.4, -0.2) is 63.4 Å². The Bertz CT molecular complexity index is 1120. The summed E-state index contributed by atoms with van der Waals surface area (Å²) in [5, 5.41) is 2.81. The Labute approximate surface area is 196 Å². The molecule has 2 atom stereocenters. The van der Waals surface area contributed by atoms with Crippen LogP contribution in [0.1, 0.15) is 34.5 Å². The molecule has 1 aromatic heterocycles. The van der Waals surface area contributed by atoms with Gasteiger partial charge in [0.2, 0.25) is 5.91 Å². The number of nitrogens with zero attached hydrogens (tertiary/aromatic N) is 2. The fourth-order valence-electron chi connectivity index (χ4n) is 3.57. The van der Waals surface area contributed by atoms with Crippen LogP contribution in [0, 0.1) is 5.82 Å². The second kappa shape index (κ2) is 9.86. The van der Waals surface area contributed by atoms with Gasteiger partial charge in [-0.3, -0.25) is 14.9 Å².